The molecule has 3 rings (SSSR count). The molecular formula is C18H23NO5. The molecule has 6 heteroatoms. The van der Waals surface area contributed by atoms with Crippen molar-refractivity contribution in [2.45, 2.75) is 45.3 Å². The van der Waals surface area contributed by atoms with Crippen molar-refractivity contribution in [3.63, 3.8) is 0 Å². The molecular weight excluding hydrogens is 310 g/mol. The van der Waals surface area contributed by atoms with Crippen molar-refractivity contribution in [3.05, 3.63) is 34.6 Å². The molecule has 2 bridgehead atoms. The van der Waals surface area contributed by atoms with Gasteiger partial charge >= 0.3 is 11.9 Å². The lowest BCUT2D eigenvalue weighted by Crippen LogP contribution is -2.29. The van der Waals surface area contributed by atoms with Gasteiger partial charge in [-0.25, -0.2) is 9.59 Å². The van der Waals surface area contributed by atoms with Crippen LogP contribution in [0.4, 0.5) is 0 Å². The van der Waals surface area contributed by atoms with Gasteiger partial charge in [0.15, 0.2) is 6.10 Å². The predicted octanol–water partition coefficient (Wildman–Crippen LogP) is 1.77. The summed E-state index contributed by atoms with van der Waals surface area (Å²) < 4.78 is 16.2. The van der Waals surface area contributed by atoms with Crippen molar-refractivity contribution in [2.24, 2.45) is 0 Å². The summed E-state index contributed by atoms with van der Waals surface area (Å²) in [5.74, 6) is -0.0498. The lowest BCUT2D eigenvalue weighted by molar-refractivity contribution is -0.150. The van der Waals surface area contributed by atoms with E-state index < -0.39 is 11.7 Å². The van der Waals surface area contributed by atoms with E-state index in [1.54, 1.807) is 0 Å². The number of nitrogens with one attached hydrogen (secondary N) is 1. The lowest BCUT2D eigenvalue weighted by Gasteiger charge is -2.22. The number of fused-ring (bicyclic) bond motifs is 2. The number of carbonyl (C=O) groups excluding carboxylic acids is 2. The molecule has 6 nitrogen and oxygen atoms in total. The van der Waals surface area contributed by atoms with Crippen LogP contribution in [-0.2, 0) is 23.8 Å². The SMILES string of the molecule is CC(C)(C)OC(=O)C1=C2C=C(OC3CCOC3=O)C=C(CNC1)C2. The third-order valence-corrected chi connectivity index (χ3v) is 3.93. The Morgan fingerprint density at radius 2 is 2.08 bits per heavy atom. The molecule has 1 atom stereocenters. The maximum absolute atomic E-state index is 12.5. The van der Waals surface area contributed by atoms with Crippen LogP contribution in [0.5, 0.6) is 0 Å². The maximum atomic E-state index is 12.5. The van der Waals surface area contributed by atoms with Crippen LogP contribution < -0.4 is 5.32 Å². The highest BCUT2D eigenvalue weighted by molar-refractivity contribution is 5.91. The van der Waals surface area contributed by atoms with Crippen molar-refractivity contribution < 1.29 is 23.8 Å². The first-order valence-electron chi connectivity index (χ1n) is 8.22. The average molecular weight is 333 g/mol. The second-order valence-electron chi connectivity index (χ2n) is 7.20. The summed E-state index contributed by atoms with van der Waals surface area (Å²) in [6.45, 7) is 7.07. The highest BCUT2D eigenvalue weighted by atomic mass is 16.6. The average Bonchev–Trinajstić information content (AvgIpc) is 2.79. The molecule has 130 valence electrons. The van der Waals surface area contributed by atoms with Gasteiger partial charge in [0.1, 0.15) is 11.4 Å². The first-order valence-corrected chi connectivity index (χ1v) is 8.22. The minimum Gasteiger partial charge on any atom is -0.479 e. The topological polar surface area (TPSA) is 73.9 Å². The predicted molar refractivity (Wildman–Crippen MR) is 87.0 cm³/mol. The number of allylic oxidation sites excluding steroid dienone is 3. The zero-order valence-electron chi connectivity index (χ0n) is 14.3. The van der Waals surface area contributed by atoms with Gasteiger partial charge in [-0.1, -0.05) is 0 Å². The number of rotatable bonds is 3. The monoisotopic (exact) mass is 333 g/mol. The van der Waals surface area contributed by atoms with Crippen LogP contribution in [0.25, 0.3) is 0 Å². The number of carbonyl (C=O) groups is 2. The van der Waals surface area contributed by atoms with Gasteiger partial charge in [-0.05, 0) is 50.5 Å². The minimum atomic E-state index is -0.563. The molecule has 0 aromatic rings. The normalized spacial score (nSPS) is 24.0. The minimum absolute atomic E-state index is 0.316. The molecule has 2 heterocycles. The Morgan fingerprint density at radius 3 is 2.75 bits per heavy atom. The number of cyclic esters (lactones) is 1. The summed E-state index contributed by atoms with van der Waals surface area (Å²) in [5.41, 5.74) is 2.07. The fourth-order valence-corrected chi connectivity index (χ4v) is 2.89. The summed E-state index contributed by atoms with van der Waals surface area (Å²) in [6.07, 6.45) is 4.44. The summed E-state index contributed by atoms with van der Waals surface area (Å²) >= 11 is 0. The van der Waals surface area contributed by atoms with Crippen LogP contribution in [0.15, 0.2) is 34.6 Å². The standard InChI is InChI=1S/C18H23NO5/c1-18(2,3)24-16(20)14-10-19-9-11-6-12(14)8-13(7-11)23-15-4-5-22-17(15)21/h7-8,15,19H,4-6,9-10H2,1-3H3. The lowest BCUT2D eigenvalue weighted by atomic mass is 9.96. The molecule has 0 aromatic heterocycles. The van der Waals surface area contributed by atoms with Crippen molar-refractivity contribution in [1.82, 2.24) is 5.32 Å². The van der Waals surface area contributed by atoms with Gasteiger partial charge < -0.3 is 19.5 Å². The van der Waals surface area contributed by atoms with Crippen LogP contribution >= 0.6 is 0 Å². The second-order valence-corrected chi connectivity index (χ2v) is 7.20. The Kier molecular flexibility index (Phi) is 4.49. The number of esters is 2. The van der Waals surface area contributed by atoms with E-state index in [4.69, 9.17) is 14.2 Å². The zero-order valence-corrected chi connectivity index (χ0v) is 14.3. The molecule has 1 fully saturated rings. The molecule has 0 aromatic carbocycles. The first-order chi connectivity index (χ1) is 11.3. The van der Waals surface area contributed by atoms with Crippen LogP contribution in [-0.4, -0.2) is 43.3 Å². The highest BCUT2D eigenvalue weighted by Crippen LogP contribution is 2.29. The van der Waals surface area contributed by atoms with E-state index in [0.29, 0.717) is 43.9 Å². The quantitative estimate of drug-likeness (QED) is 0.794. The summed E-state index contributed by atoms with van der Waals surface area (Å²) in [5, 5.41) is 3.25. The van der Waals surface area contributed by atoms with E-state index in [1.807, 2.05) is 32.9 Å². The zero-order chi connectivity index (χ0) is 17.3. The highest BCUT2D eigenvalue weighted by Gasteiger charge is 2.31. The summed E-state index contributed by atoms with van der Waals surface area (Å²) in [4.78, 5) is 24.1. The Bertz CT molecular complexity index is 651. The molecule has 24 heavy (non-hydrogen) atoms. The molecule has 2 aliphatic heterocycles. The maximum Gasteiger partial charge on any atom is 0.347 e. The molecule has 0 spiro atoms. The van der Waals surface area contributed by atoms with Gasteiger partial charge in [0.25, 0.3) is 0 Å². The van der Waals surface area contributed by atoms with Crippen molar-refractivity contribution in [3.8, 4) is 0 Å². The molecule has 3 aliphatic rings. The smallest absolute Gasteiger partial charge is 0.347 e. The molecule has 0 amide bonds. The van der Waals surface area contributed by atoms with Gasteiger partial charge in [-0.15, -0.1) is 0 Å². The van der Waals surface area contributed by atoms with Crippen LogP contribution in [0.2, 0.25) is 0 Å². The molecule has 0 saturated carbocycles. The second kappa shape index (κ2) is 6.43. The fourth-order valence-electron chi connectivity index (χ4n) is 2.89. The molecule has 1 N–H and O–H groups in total. The molecule has 1 saturated heterocycles. The van der Waals surface area contributed by atoms with Gasteiger partial charge in [0.05, 0.1) is 12.2 Å². The van der Waals surface area contributed by atoms with E-state index in [1.165, 1.54) is 0 Å². The molecule has 1 unspecified atom stereocenters. The van der Waals surface area contributed by atoms with Gasteiger partial charge in [0.2, 0.25) is 0 Å². The number of hydrogen-bond donors (Lipinski definition) is 1. The Hall–Kier alpha value is -2.08. The van der Waals surface area contributed by atoms with E-state index >= 15 is 0 Å². The largest absolute Gasteiger partial charge is 0.479 e. The fraction of sp³-hybridized carbons (Fsp3) is 0.556. The summed E-state index contributed by atoms with van der Waals surface area (Å²) in [7, 11) is 0. The van der Waals surface area contributed by atoms with Crippen molar-refractivity contribution in [2.75, 3.05) is 19.7 Å². The van der Waals surface area contributed by atoms with Gasteiger partial charge in [-0.2, -0.15) is 0 Å². The third kappa shape index (κ3) is 3.87. The Morgan fingerprint density at radius 1 is 1.29 bits per heavy atom. The van der Waals surface area contributed by atoms with E-state index in [0.717, 1.165) is 11.1 Å². The van der Waals surface area contributed by atoms with E-state index in [9.17, 15) is 9.59 Å². The van der Waals surface area contributed by atoms with Crippen LogP contribution in [0.1, 0.15) is 33.6 Å². The van der Waals surface area contributed by atoms with E-state index in [-0.39, 0.29) is 11.9 Å². The Balaban J connectivity index is 1.84. The third-order valence-electron chi connectivity index (χ3n) is 3.93. The van der Waals surface area contributed by atoms with Gasteiger partial charge in [-0.3, -0.25) is 0 Å². The van der Waals surface area contributed by atoms with Gasteiger partial charge in [0, 0.05) is 19.5 Å². The summed E-state index contributed by atoms with van der Waals surface area (Å²) in [6, 6.07) is 0. The van der Waals surface area contributed by atoms with E-state index in [2.05, 4.69) is 5.32 Å². The van der Waals surface area contributed by atoms with Crippen molar-refractivity contribution >= 4 is 11.9 Å². The first kappa shape index (κ1) is 16.8. The Labute approximate surface area is 141 Å². The van der Waals surface area contributed by atoms with Crippen molar-refractivity contribution in [1.29, 1.82) is 0 Å². The molecule has 0 radical (unpaired) electrons. The number of hydrogen-bond acceptors (Lipinski definition) is 6. The van der Waals surface area contributed by atoms with Crippen LogP contribution in [0, 0.1) is 0 Å². The molecule has 1 aliphatic carbocycles. The van der Waals surface area contributed by atoms with Crippen LogP contribution in [0.3, 0.4) is 0 Å². The number of ether oxygens (including phenoxy) is 3.